The monoisotopic (exact) mass is 390 g/mol. The highest BCUT2D eigenvalue weighted by atomic mass is 35.5. The average Bonchev–Trinajstić information content (AvgIpc) is 2.41. The van der Waals surface area contributed by atoms with Crippen molar-refractivity contribution in [1.82, 2.24) is 0 Å². The summed E-state index contributed by atoms with van der Waals surface area (Å²) in [5.74, 6) is 0. The Balaban J connectivity index is 3.51. The summed E-state index contributed by atoms with van der Waals surface area (Å²) in [5.41, 5.74) is 3.18. The van der Waals surface area contributed by atoms with Crippen LogP contribution in [0, 0.1) is 16.2 Å². The third-order valence-electron chi connectivity index (χ3n) is 4.16. The van der Waals surface area contributed by atoms with E-state index in [0.717, 1.165) is 16.7 Å². The smallest absolute Gasteiger partial charge is 0.0633 e. The van der Waals surface area contributed by atoms with Crippen LogP contribution in [-0.4, -0.2) is 0 Å². The van der Waals surface area contributed by atoms with Crippen molar-refractivity contribution >= 4 is 34.8 Å². The van der Waals surface area contributed by atoms with Gasteiger partial charge in [-0.15, -0.1) is 34.8 Å². The second-order valence-electron chi connectivity index (χ2n) is 10.1. The third-order valence-corrected chi connectivity index (χ3v) is 6.88. The van der Waals surface area contributed by atoms with E-state index < -0.39 is 0 Å². The highest BCUT2D eigenvalue weighted by molar-refractivity contribution is 6.23. The first-order valence-corrected chi connectivity index (χ1v) is 9.93. The van der Waals surface area contributed by atoms with Crippen LogP contribution in [0.4, 0.5) is 0 Å². The molecular weight excluding hydrogens is 359 g/mol. The van der Waals surface area contributed by atoms with Crippen molar-refractivity contribution in [2.24, 2.45) is 16.2 Å². The van der Waals surface area contributed by atoms with Gasteiger partial charge in [-0.05, 0) is 32.9 Å². The molecule has 1 aromatic rings. The second kappa shape index (κ2) is 7.37. The molecule has 1 rings (SSSR count). The zero-order valence-corrected chi connectivity index (χ0v) is 18.9. The van der Waals surface area contributed by atoms with E-state index in [1.807, 2.05) is 0 Å². The van der Waals surface area contributed by atoms with Gasteiger partial charge in [0.25, 0.3) is 0 Å². The Bertz CT molecular complexity index is 463. The van der Waals surface area contributed by atoms with Crippen molar-refractivity contribution in [3.05, 3.63) is 34.9 Å². The number of hydrogen-bond donors (Lipinski definition) is 0. The van der Waals surface area contributed by atoms with Crippen LogP contribution in [0.1, 0.15) is 95.1 Å². The molecule has 3 atom stereocenters. The third kappa shape index (κ3) is 5.55. The minimum Gasteiger partial charge on any atom is -0.117 e. The molecule has 0 nitrogen and oxygen atoms in total. The average molecular weight is 392 g/mol. The fraction of sp³-hybridized carbons (Fsp3) is 0.714. The SMILES string of the molecule is CC(C)(C)C(Cl)c1cc(C(Cl)C(C)(C)C)cc(C(Cl)C(C)(C)C)c1. The Morgan fingerprint density at radius 3 is 0.792 bits per heavy atom. The van der Waals surface area contributed by atoms with Crippen LogP contribution in [0.5, 0.6) is 0 Å². The van der Waals surface area contributed by atoms with Gasteiger partial charge in [-0.1, -0.05) is 80.5 Å². The molecule has 0 aliphatic carbocycles. The lowest BCUT2D eigenvalue weighted by Gasteiger charge is -2.32. The lowest BCUT2D eigenvalue weighted by molar-refractivity contribution is 0.384. The first-order chi connectivity index (χ1) is 10.5. The Morgan fingerprint density at radius 2 is 0.667 bits per heavy atom. The molecule has 0 radical (unpaired) electrons. The van der Waals surface area contributed by atoms with E-state index >= 15 is 0 Å². The van der Waals surface area contributed by atoms with Crippen molar-refractivity contribution < 1.29 is 0 Å². The fourth-order valence-corrected chi connectivity index (χ4v) is 3.02. The first kappa shape index (κ1) is 22.1. The number of alkyl halides is 3. The summed E-state index contributed by atoms with van der Waals surface area (Å²) in [4.78, 5) is 0. The lowest BCUT2D eigenvalue weighted by atomic mass is 9.80. The van der Waals surface area contributed by atoms with Gasteiger partial charge in [-0.25, -0.2) is 0 Å². The van der Waals surface area contributed by atoms with Crippen LogP contribution >= 0.6 is 34.8 Å². The Kier molecular flexibility index (Phi) is 6.80. The predicted octanol–water partition coefficient (Wildman–Crippen LogP) is 8.66. The summed E-state index contributed by atoms with van der Waals surface area (Å²) in [6.45, 7) is 19.4. The minimum absolute atomic E-state index is 0.0372. The van der Waals surface area contributed by atoms with Gasteiger partial charge in [0.05, 0.1) is 16.1 Å². The van der Waals surface area contributed by atoms with E-state index in [0.29, 0.717) is 0 Å². The van der Waals surface area contributed by atoms with E-state index in [1.165, 1.54) is 0 Å². The van der Waals surface area contributed by atoms with Crippen LogP contribution in [0.3, 0.4) is 0 Å². The molecule has 0 saturated carbocycles. The van der Waals surface area contributed by atoms with Gasteiger partial charge in [0, 0.05) is 0 Å². The van der Waals surface area contributed by atoms with Crippen LogP contribution in [0.15, 0.2) is 18.2 Å². The number of hydrogen-bond acceptors (Lipinski definition) is 0. The molecule has 0 N–H and O–H groups in total. The molecule has 3 heteroatoms. The summed E-state index contributed by atoms with van der Waals surface area (Å²) in [6.07, 6.45) is 0. The topological polar surface area (TPSA) is 0 Å². The molecule has 1 aromatic carbocycles. The molecule has 24 heavy (non-hydrogen) atoms. The Hall–Kier alpha value is 0.0900. The van der Waals surface area contributed by atoms with Gasteiger partial charge in [-0.2, -0.15) is 0 Å². The van der Waals surface area contributed by atoms with Gasteiger partial charge in [0.15, 0.2) is 0 Å². The van der Waals surface area contributed by atoms with Crippen LogP contribution < -0.4 is 0 Å². The van der Waals surface area contributed by atoms with Gasteiger partial charge in [0.2, 0.25) is 0 Å². The first-order valence-electron chi connectivity index (χ1n) is 8.62. The molecular formula is C21H33Cl3. The zero-order valence-electron chi connectivity index (χ0n) is 16.6. The maximum Gasteiger partial charge on any atom is 0.0633 e. The van der Waals surface area contributed by atoms with Crippen molar-refractivity contribution in [2.45, 2.75) is 78.4 Å². The Morgan fingerprint density at radius 1 is 0.500 bits per heavy atom. The van der Waals surface area contributed by atoms with Gasteiger partial charge in [-0.3, -0.25) is 0 Å². The molecule has 0 saturated heterocycles. The van der Waals surface area contributed by atoms with E-state index in [4.69, 9.17) is 34.8 Å². The van der Waals surface area contributed by atoms with Crippen molar-refractivity contribution in [1.29, 1.82) is 0 Å². The molecule has 0 bridgehead atoms. The molecule has 138 valence electrons. The second-order valence-corrected chi connectivity index (χ2v) is 11.4. The van der Waals surface area contributed by atoms with Crippen molar-refractivity contribution in [3.63, 3.8) is 0 Å². The van der Waals surface area contributed by atoms with Gasteiger partial charge >= 0.3 is 0 Å². The molecule has 0 aliphatic rings. The number of benzene rings is 1. The largest absolute Gasteiger partial charge is 0.117 e. The highest BCUT2D eigenvalue weighted by Crippen LogP contribution is 2.46. The number of halogens is 3. The summed E-state index contributed by atoms with van der Waals surface area (Å²) < 4.78 is 0. The quantitative estimate of drug-likeness (QED) is 0.452. The standard InChI is InChI=1S/C21H33Cl3/c1-19(2,3)16(22)13-10-14(17(23)20(4,5)6)12-15(11-13)18(24)21(7,8)9/h10-12,16-18H,1-9H3. The molecule has 0 aromatic heterocycles. The molecule has 0 heterocycles. The van der Waals surface area contributed by atoms with E-state index in [1.54, 1.807) is 0 Å². The van der Waals surface area contributed by atoms with E-state index in [9.17, 15) is 0 Å². The molecule has 0 fully saturated rings. The van der Waals surface area contributed by atoms with Gasteiger partial charge in [0.1, 0.15) is 0 Å². The lowest BCUT2D eigenvalue weighted by Crippen LogP contribution is -2.18. The minimum atomic E-state index is -0.0936. The maximum atomic E-state index is 6.78. The summed E-state index contributed by atoms with van der Waals surface area (Å²) in [5, 5.41) is -0.281. The number of rotatable bonds is 3. The molecule has 0 aliphatic heterocycles. The molecule has 0 amide bonds. The summed E-state index contributed by atoms with van der Waals surface area (Å²) >= 11 is 20.3. The zero-order chi connectivity index (χ0) is 19.1. The predicted molar refractivity (Wildman–Crippen MR) is 111 cm³/mol. The van der Waals surface area contributed by atoms with Crippen LogP contribution in [0.25, 0.3) is 0 Å². The molecule has 3 unspecified atom stereocenters. The normalized spacial score (nSPS) is 17.5. The van der Waals surface area contributed by atoms with Crippen molar-refractivity contribution in [2.75, 3.05) is 0 Å². The van der Waals surface area contributed by atoms with Crippen molar-refractivity contribution in [3.8, 4) is 0 Å². The van der Waals surface area contributed by atoms with E-state index in [2.05, 4.69) is 80.5 Å². The highest BCUT2D eigenvalue weighted by Gasteiger charge is 2.31. The summed E-state index contributed by atoms with van der Waals surface area (Å²) in [7, 11) is 0. The van der Waals surface area contributed by atoms with Crippen LogP contribution in [-0.2, 0) is 0 Å². The molecule has 0 spiro atoms. The maximum absolute atomic E-state index is 6.78. The Labute approximate surface area is 164 Å². The van der Waals surface area contributed by atoms with E-state index in [-0.39, 0.29) is 32.4 Å². The van der Waals surface area contributed by atoms with Crippen LogP contribution in [0.2, 0.25) is 0 Å². The fourth-order valence-electron chi connectivity index (χ4n) is 2.64. The van der Waals surface area contributed by atoms with Gasteiger partial charge < -0.3 is 0 Å². The summed E-state index contributed by atoms with van der Waals surface area (Å²) in [6, 6.07) is 6.46.